The fraction of sp³-hybridized carbons (Fsp3) is 0.105. The summed E-state index contributed by atoms with van der Waals surface area (Å²) in [5.41, 5.74) is 1.33. The van der Waals surface area contributed by atoms with Crippen LogP contribution in [0.1, 0.15) is 5.56 Å². The Bertz CT molecular complexity index is 1070. The predicted octanol–water partition coefficient (Wildman–Crippen LogP) is 4.69. The number of amides is 1. The van der Waals surface area contributed by atoms with Crippen LogP contribution in [0.25, 0.3) is 0 Å². The number of nitrogens with one attached hydrogen (secondary N) is 2. The highest BCUT2D eigenvalue weighted by Gasteiger charge is 2.27. The Morgan fingerprint density at radius 2 is 1.82 bits per heavy atom. The van der Waals surface area contributed by atoms with E-state index in [0.717, 1.165) is 16.9 Å². The smallest absolute Gasteiger partial charge is 0.250 e. The number of hydrogen-bond donors (Lipinski definition) is 2. The van der Waals surface area contributed by atoms with Gasteiger partial charge in [-0.05, 0) is 58.2 Å². The number of anilines is 1. The minimum atomic E-state index is -3.85. The lowest BCUT2D eigenvalue weighted by molar-refractivity contribution is -0.117. The van der Waals surface area contributed by atoms with Gasteiger partial charge in [-0.2, -0.15) is 4.72 Å². The van der Waals surface area contributed by atoms with Gasteiger partial charge in [0.15, 0.2) is 0 Å². The molecule has 28 heavy (non-hydrogen) atoms. The first kappa shape index (κ1) is 21.0. The molecule has 0 saturated heterocycles. The van der Waals surface area contributed by atoms with Crippen LogP contribution >= 0.6 is 38.9 Å². The standard InChI is InChI=1S/C19H16BrClN2O3S2/c20-17-9-10-18(27-17)28(25,26)23-16(11-13-5-2-1-3-6-13)19(24)22-15-8-4-7-14(21)12-15/h1-10,12,16,23H,11H2,(H,22,24). The lowest BCUT2D eigenvalue weighted by atomic mass is 10.1. The number of carbonyl (C=O) groups is 1. The van der Waals surface area contributed by atoms with Crippen molar-refractivity contribution in [1.82, 2.24) is 4.72 Å². The average molecular weight is 500 g/mol. The minimum Gasteiger partial charge on any atom is -0.325 e. The van der Waals surface area contributed by atoms with Crippen molar-refractivity contribution in [3.05, 3.63) is 81.1 Å². The molecule has 9 heteroatoms. The largest absolute Gasteiger partial charge is 0.325 e. The van der Waals surface area contributed by atoms with Gasteiger partial charge >= 0.3 is 0 Å². The number of hydrogen-bond acceptors (Lipinski definition) is 4. The topological polar surface area (TPSA) is 75.3 Å². The third-order valence-electron chi connectivity index (χ3n) is 3.80. The van der Waals surface area contributed by atoms with E-state index in [1.54, 1.807) is 30.3 Å². The first-order valence-corrected chi connectivity index (χ1v) is 11.7. The number of carbonyl (C=O) groups excluding carboxylic acids is 1. The lowest BCUT2D eigenvalue weighted by Crippen LogP contribution is -2.45. The quantitative estimate of drug-likeness (QED) is 0.495. The van der Waals surface area contributed by atoms with Gasteiger partial charge in [-0.3, -0.25) is 4.79 Å². The van der Waals surface area contributed by atoms with Crippen molar-refractivity contribution < 1.29 is 13.2 Å². The molecule has 0 spiro atoms. The van der Waals surface area contributed by atoms with Crippen LogP contribution in [-0.2, 0) is 21.2 Å². The zero-order valence-electron chi connectivity index (χ0n) is 14.4. The second-order valence-corrected chi connectivity index (χ2v) is 10.8. The van der Waals surface area contributed by atoms with Crippen LogP contribution < -0.4 is 10.0 Å². The Balaban J connectivity index is 1.85. The van der Waals surface area contributed by atoms with Gasteiger partial charge in [0.25, 0.3) is 10.0 Å². The molecule has 0 saturated carbocycles. The van der Waals surface area contributed by atoms with E-state index in [1.807, 2.05) is 30.3 Å². The van der Waals surface area contributed by atoms with Crippen molar-refractivity contribution in [3.8, 4) is 0 Å². The first-order valence-electron chi connectivity index (χ1n) is 8.21. The summed E-state index contributed by atoms with van der Waals surface area (Å²) < 4.78 is 28.8. The molecular weight excluding hydrogens is 484 g/mol. The number of benzene rings is 2. The molecule has 0 aliphatic carbocycles. The molecule has 1 heterocycles. The maximum Gasteiger partial charge on any atom is 0.250 e. The van der Waals surface area contributed by atoms with Gasteiger partial charge in [0.2, 0.25) is 5.91 Å². The summed E-state index contributed by atoms with van der Waals surface area (Å²) in [6.07, 6.45) is 0.207. The van der Waals surface area contributed by atoms with Crippen LogP contribution in [0, 0.1) is 0 Å². The Morgan fingerprint density at radius 1 is 1.07 bits per heavy atom. The molecule has 2 N–H and O–H groups in total. The highest BCUT2D eigenvalue weighted by Crippen LogP contribution is 2.26. The molecule has 146 valence electrons. The third-order valence-corrected chi connectivity index (χ3v) is 7.62. The van der Waals surface area contributed by atoms with Crippen molar-refractivity contribution in [1.29, 1.82) is 0 Å². The van der Waals surface area contributed by atoms with Crippen LogP contribution in [0.3, 0.4) is 0 Å². The maximum atomic E-state index is 12.9. The van der Waals surface area contributed by atoms with Crippen molar-refractivity contribution in [2.75, 3.05) is 5.32 Å². The number of thiophene rings is 1. The van der Waals surface area contributed by atoms with Crippen LogP contribution in [0.15, 0.2) is 74.7 Å². The minimum absolute atomic E-state index is 0.132. The van der Waals surface area contributed by atoms with Gasteiger partial charge < -0.3 is 5.32 Å². The zero-order chi connectivity index (χ0) is 20.1. The average Bonchev–Trinajstić information content (AvgIpc) is 3.09. The third kappa shape index (κ3) is 5.65. The van der Waals surface area contributed by atoms with E-state index in [2.05, 4.69) is 26.0 Å². The normalized spacial score (nSPS) is 12.5. The molecule has 0 aliphatic rings. The summed E-state index contributed by atoms with van der Waals surface area (Å²) in [7, 11) is -3.85. The lowest BCUT2D eigenvalue weighted by Gasteiger charge is -2.18. The van der Waals surface area contributed by atoms with Crippen LogP contribution in [0.5, 0.6) is 0 Å². The molecule has 3 rings (SSSR count). The molecule has 1 aromatic heterocycles. The fourth-order valence-electron chi connectivity index (χ4n) is 2.52. The summed E-state index contributed by atoms with van der Waals surface area (Å²) >= 11 is 10.3. The molecule has 0 radical (unpaired) electrons. The molecule has 0 aliphatic heterocycles. The molecule has 1 unspecified atom stereocenters. The molecule has 0 bridgehead atoms. The SMILES string of the molecule is O=C(Nc1cccc(Cl)c1)C(Cc1ccccc1)NS(=O)(=O)c1ccc(Br)s1. The van der Waals surface area contributed by atoms with Gasteiger partial charge in [0.05, 0.1) is 3.79 Å². The Morgan fingerprint density at radius 3 is 2.46 bits per heavy atom. The predicted molar refractivity (Wildman–Crippen MR) is 116 cm³/mol. The molecule has 0 fully saturated rings. The zero-order valence-corrected chi connectivity index (χ0v) is 18.4. The Kier molecular flexibility index (Phi) is 6.90. The van der Waals surface area contributed by atoms with E-state index in [9.17, 15) is 13.2 Å². The van der Waals surface area contributed by atoms with Crippen LogP contribution in [0.4, 0.5) is 5.69 Å². The number of rotatable bonds is 7. The molecule has 1 amide bonds. The number of sulfonamides is 1. The second kappa shape index (κ2) is 9.19. The first-order chi connectivity index (χ1) is 13.3. The van der Waals surface area contributed by atoms with Crippen molar-refractivity contribution in [2.24, 2.45) is 0 Å². The second-order valence-electron chi connectivity index (χ2n) is 5.92. The van der Waals surface area contributed by atoms with Crippen molar-refractivity contribution in [3.63, 3.8) is 0 Å². The number of halogens is 2. The van der Waals surface area contributed by atoms with Crippen molar-refractivity contribution >= 4 is 60.5 Å². The Hall–Kier alpha value is -1.71. The molecule has 1 atom stereocenters. The monoisotopic (exact) mass is 498 g/mol. The van der Waals surface area contributed by atoms with Gasteiger partial charge in [-0.1, -0.05) is 48.0 Å². The van der Waals surface area contributed by atoms with Crippen LogP contribution in [-0.4, -0.2) is 20.4 Å². The molecule has 2 aromatic carbocycles. The van der Waals surface area contributed by atoms with E-state index in [1.165, 1.54) is 6.07 Å². The summed E-state index contributed by atoms with van der Waals surface area (Å²) in [5, 5.41) is 3.20. The molecular formula is C19H16BrClN2O3S2. The highest BCUT2D eigenvalue weighted by atomic mass is 79.9. The summed E-state index contributed by atoms with van der Waals surface area (Å²) in [5.74, 6) is -0.467. The van der Waals surface area contributed by atoms with Crippen LogP contribution in [0.2, 0.25) is 5.02 Å². The summed E-state index contributed by atoms with van der Waals surface area (Å²) in [4.78, 5) is 12.9. The van der Waals surface area contributed by atoms with Crippen molar-refractivity contribution in [2.45, 2.75) is 16.7 Å². The van der Waals surface area contributed by atoms with E-state index in [0.29, 0.717) is 14.5 Å². The van der Waals surface area contributed by atoms with E-state index in [4.69, 9.17) is 11.6 Å². The van der Waals surface area contributed by atoms with E-state index < -0.39 is 22.0 Å². The van der Waals surface area contributed by atoms with E-state index >= 15 is 0 Å². The van der Waals surface area contributed by atoms with Gasteiger partial charge in [0.1, 0.15) is 10.3 Å². The fourth-order valence-corrected chi connectivity index (χ4v) is 5.93. The summed E-state index contributed by atoms with van der Waals surface area (Å²) in [6, 6.07) is 18.1. The van der Waals surface area contributed by atoms with Gasteiger partial charge in [-0.25, -0.2) is 8.42 Å². The molecule has 3 aromatic rings. The summed E-state index contributed by atoms with van der Waals surface area (Å²) in [6.45, 7) is 0. The van der Waals surface area contributed by atoms with E-state index in [-0.39, 0.29) is 10.6 Å². The van der Waals surface area contributed by atoms with Gasteiger partial charge in [0, 0.05) is 10.7 Å². The van der Waals surface area contributed by atoms with Gasteiger partial charge in [-0.15, -0.1) is 11.3 Å². The Labute approximate surface area is 180 Å². The highest BCUT2D eigenvalue weighted by molar-refractivity contribution is 9.11. The molecule has 5 nitrogen and oxygen atoms in total. The maximum absolute atomic E-state index is 12.9.